The van der Waals surface area contributed by atoms with E-state index < -0.39 is 0 Å². The Bertz CT molecular complexity index is 297. The number of nitrogens with two attached hydrogens (primary N) is 1. The summed E-state index contributed by atoms with van der Waals surface area (Å²) < 4.78 is 11.9. The number of nitrogens with zero attached hydrogens (tertiary/aromatic N) is 3. The van der Waals surface area contributed by atoms with Gasteiger partial charge >= 0.3 is 0 Å². The smallest absolute Gasteiger partial charge is 0.101 e. The maximum absolute atomic E-state index is 5.90. The maximum atomic E-state index is 5.90. The molecule has 1 aliphatic heterocycles. The van der Waals surface area contributed by atoms with E-state index in [1.165, 1.54) is 0 Å². The summed E-state index contributed by atoms with van der Waals surface area (Å²) in [6, 6.07) is 0.117. The summed E-state index contributed by atoms with van der Waals surface area (Å²) in [6.07, 6.45) is 1.68. The lowest BCUT2D eigenvalue weighted by atomic mass is 10.2. The van der Waals surface area contributed by atoms with Crippen molar-refractivity contribution in [1.82, 2.24) is 15.0 Å². The van der Waals surface area contributed by atoms with Crippen molar-refractivity contribution in [2.45, 2.75) is 12.1 Å². The Labute approximate surface area is 82.0 Å². The van der Waals surface area contributed by atoms with Crippen LogP contribution in [0.3, 0.4) is 0 Å². The molecule has 1 fully saturated rings. The maximum Gasteiger partial charge on any atom is 0.101 e. The van der Waals surface area contributed by atoms with Crippen LogP contribution in [0.2, 0.25) is 0 Å². The molecular formula is C8H14N4O2. The van der Waals surface area contributed by atoms with Crippen molar-refractivity contribution in [2.75, 3.05) is 26.9 Å². The van der Waals surface area contributed by atoms with E-state index in [1.807, 2.05) is 4.68 Å². The molecule has 1 atom stereocenters. The zero-order chi connectivity index (χ0) is 9.97. The third-order valence-electron chi connectivity index (χ3n) is 2.30. The molecule has 2 rings (SSSR count). The zero-order valence-corrected chi connectivity index (χ0v) is 8.09. The van der Waals surface area contributed by atoms with Crippen molar-refractivity contribution in [2.24, 2.45) is 5.73 Å². The SMILES string of the molecule is COC[C@H](N)c1cnnn1C1COC1. The summed E-state index contributed by atoms with van der Waals surface area (Å²) in [7, 11) is 1.63. The van der Waals surface area contributed by atoms with Gasteiger partial charge in [0.2, 0.25) is 0 Å². The van der Waals surface area contributed by atoms with E-state index in [0.29, 0.717) is 19.8 Å². The average molecular weight is 198 g/mol. The molecule has 0 saturated carbocycles. The van der Waals surface area contributed by atoms with Gasteiger partial charge in [0.1, 0.15) is 6.04 Å². The molecule has 0 aliphatic carbocycles. The van der Waals surface area contributed by atoms with Gasteiger partial charge in [-0.05, 0) is 0 Å². The minimum absolute atomic E-state index is 0.171. The Morgan fingerprint density at radius 2 is 2.57 bits per heavy atom. The zero-order valence-electron chi connectivity index (χ0n) is 8.09. The molecule has 2 N–H and O–H groups in total. The number of aromatic nitrogens is 3. The number of ether oxygens (including phenoxy) is 2. The normalized spacial score (nSPS) is 19.3. The lowest BCUT2D eigenvalue weighted by Crippen LogP contribution is -2.34. The summed E-state index contributed by atoms with van der Waals surface area (Å²) in [4.78, 5) is 0. The second-order valence-corrected chi connectivity index (χ2v) is 3.36. The van der Waals surface area contributed by atoms with E-state index in [9.17, 15) is 0 Å². The number of methoxy groups -OCH3 is 1. The topological polar surface area (TPSA) is 75.2 Å². The molecule has 2 heterocycles. The first-order valence-electron chi connectivity index (χ1n) is 4.55. The molecular weight excluding hydrogens is 184 g/mol. The van der Waals surface area contributed by atoms with Crippen LogP contribution < -0.4 is 5.73 Å². The van der Waals surface area contributed by atoms with Crippen LogP contribution in [-0.4, -0.2) is 41.9 Å². The van der Waals surface area contributed by atoms with Crippen LogP contribution in [0.15, 0.2) is 6.20 Å². The van der Waals surface area contributed by atoms with Gasteiger partial charge in [-0.1, -0.05) is 5.21 Å². The van der Waals surface area contributed by atoms with Gasteiger partial charge in [0, 0.05) is 7.11 Å². The standard InChI is InChI=1S/C8H14N4O2/c1-13-5-7(9)8-2-10-11-12(8)6-3-14-4-6/h2,6-7H,3-5,9H2,1H3/t7-/m0/s1. The van der Waals surface area contributed by atoms with E-state index in [0.717, 1.165) is 5.69 Å². The van der Waals surface area contributed by atoms with Gasteiger partial charge in [-0.25, -0.2) is 4.68 Å². The summed E-state index contributed by atoms with van der Waals surface area (Å²) >= 11 is 0. The van der Waals surface area contributed by atoms with Crippen LogP contribution in [0.4, 0.5) is 0 Å². The summed E-state index contributed by atoms with van der Waals surface area (Å²) in [6.45, 7) is 1.85. The van der Waals surface area contributed by atoms with Crippen LogP contribution >= 0.6 is 0 Å². The van der Waals surface area contributed by atoms with E-state index in [2.05, 4.69) is 10.3 Å². The van der Waals surface area contributed by atoms with Gasteiger partial charge < -0.3 is 15.2 Å². The molecule has 1 aromatic rings. The van der Waals surface area contributed by atoms with Crippen LogP contribution in [0, 0.1) is 0 Å². The monoisotopic (exact) mass is 198 g/mol. The highest BCUT2D eigenvalue weighted by molar-refractivity contribution is 5.03. The van der Waals surface area contributed by atoms with Gasteiger partial charge in [0.25, 0.3) is 0 Å². The fourth-order valence-electron chi connectivity index (χ4n) is 1.43. The third-order valence-corrected chi connectivity index (χ3v) is 2.30. The Kier molecular flexibility index (Phi) is 2.76. The Hall–Kier alpha value is -0.980. The van der Waals surface area contributed by atoms with E-state index in [4.69, 9.17) is 15.2 Å². The molecule has 0 aromatic carbocycles. The van der Waals surface area contributed by atoms with Gasteiger partial charge in [0.05, 0.1) is 37.8 Å². The van der Waals surface area contributed by atoms with E-state index in [1.54, 1.807) is 13.3 Å². The summed E-state index contributed by atoms with van der Waals surface area (Å²) in [5.41, 5.74) is 6.80. The van der Waals surface area contributed by atoms with Crippen molar-refractivity contribution in [1.29, 1.82) is 0 Å². The highest BCUT2D eigenvalue weighted by Crippen LogP contribution is 2.20. The minimum Gasteiger partial charge on any atom is -0.383 e. The lowest BCUT2D eigenvalue weighted by molar-refractivity contribution is -0.0313. The first kappa shape index (κ1) is 9.57. The molecule has 1 aromatic heterocycles. The molecule has 0 radical (unpaired) electrons. The third kappa shape index (κ3) is 1.63. The molecule has 1 saturated heterocycles. The molecule has 14 heavy (non-hydrogen) atoms. The van der Waals surface area contributed by atoms with Crippen LogP contribution in [0.1, 0.15) is 17.8 Å². The fourth-order valence-corrected chi connectivity index (χ4v) is 1.43. The molecule has 0 unspecified atom stereocenters. The van der Waals surface area contributed by atoms with Crippen LogP contribution in [-0.2, 0) is 9.47 Å². The molecule has 78 valence electrons. The van der Waals surface area contributed by atoms with Gasteiger partial charge in [0.15, 0.2) is 0 Å². The quantitative estimate of drug-likeness (QED) is 0.705. The lowest BCUT2D eigenvalue weighted by Gasteiger charge is -2.28. The molecule has 0 bridgehead atoms. The van der Waals surface area contributed by atoms with E-state index in [-0.39, 0.29) is 12.1 Å². The fraction of sp³-hybridized carbons (Fsp3) is 0.750. The van der Waals surface area contributed by atoms with Crippen molar-refractivity contribution in [3.63, 3.8) is 0 Å². The first-order valence-corrected chi connectivity index (χ1v) is 4.55. The molecule has 0 spiro atoms. The van der Waals surface area contributed by atoms with Crippen LogP contribution in [0.5, 0.6) is 0 Å². The van der Waals surface area contributed by atoms with E-state index >= 15 is 0 Å². The Morgan fingerprint density at radius 3 is 3.14 bits per heavy atom. The largest absolute Gasteiger partial charge is 0.383 e. The van der Waals surface area contributed by atoms with Crippen LogP contribution in [0.25, 0.3) is 0 Å². The van der Waals surface area contributed by atoms with Crippen molar-refractivity contribution in [3.8, 4) is 0 Å². The van der Waals surface area contributed by atoms with Gasteiger partial charge in [-0.3, -0.25) is 0 Å². The number of hydrogen-bond acceptors (Lipinski definition) is 5. The highest BCUT2D eigenvalue weighted by atomic mass is 16.5. The van der Waals surface area contributed by atoms with Gasteiger partial charge in [-0.15, -0.1) is 5.10 Å². The first-order chi connectivity index (χ1) is 6.83. The van der Waals surface area contributed by atoms with Crippen molar-refractivity contribution >= 4 is 0 Å². The molecule has 6 nitrogen and oxygen atoms in total. The second-order valence-electron chi connectivity index (χ2n) is 3.36. The number of hydrogen-bond donors (Lipinski definition) is 1. The van der Waals surface area contributed by atoms with Gasteiger partial charge in [-0.2, -0.15) is 0 Å². The Balaban J connectivity index is 2.11. The predicted octanol–water partition coefficient (Wildman–Crippen LogP) is -0.504. The van der Waals surface area contributed by atoms with Crippen molar-refractivity contribution < 1.29 is 9.47 Å². The summed E-state index contributed by atoms with van der Waals surface area (Å²) in [5.74, 6) is 0. The molecule has 6 heteroatoms. The minimum atomic E-state index is -0.171. The van der Waals surface area contributed by atoms with Crippen molar-refractivity contribution in [3.05, 3.63) is 11.9 Å². The second kappa shape index (κ2) is 4.04. The average Bonchev–Trinajstić information content (AvgIpc) is 2.50. The molecule has 0 amide bonds. The Morgan fingerprint density at radius 1 is 1.79 bits per heavy atom. The predicted molar refractivity (Wildman–Crippen MR) is 48.7 cm³/mol. The summed E-state index contributed by atoms with van der Waals surface area (Å²) in [5, 5.41) is 7.84. The molecule has 1 aliphatic rings. The highest BCUT2D eigenvalue weighted by Gasteiger charge is 2.25. The number of rotatable bonds is 4.